The lowest BCUT2D eigenvalue weighted by Gasteiger charge is -2.13. The lowest BCUT2D eigenvalue weighted by Crippen LogP contribution is -2.02. The van der Waals surface area contributed by atoms with Gasteiger partial charge < -0.3 is 4.74 Å². The lowest BCUT2D eigenvalue weighted by atomic mass is 10.2. The van der Waals surface area contributed by atoms with Gasteiger partial charge in [0.15, 0.2) is 0 Å². The number of alkyl halides is 1. The topological polar surface area (TPSA) is 27.1 Å². The molecule has 0 aliphatic carbocycles. The normalized spacial score (nSPS) is 11.0. The van der Waals surface area contributed by atoms with E-state index in [9.17, 15) is 0 Å². The highest BCUT2D eigenvalue weighted by atomic mass is 79.9. The van der Waals surface area contributed by atoms with Gasteiger partial charge in [-0.15, -0.1) is 11.6 Å². The second-order valence-electron chi connectivity index (χ2n) is 4.76. The molecule has 3 rings (SSSR count). The lowest BCUT2D eigenvalue weighted by molar-refractivity contribution is 0.413. The van der Waals surface area contributed by atoms with Crippen LogP contribution in [-0.4, -0.2) is 16.7 Å². The van der Waals surface area contributed by atoms with Crippen molar-refractivity contribution in [3.8, 4) is 11.4 Å². The third-order valence-corrected chi connectivity index (χ3v) is 4.19. The number of ether oxygens (including phenoxy) is 1. The number of rotatable bonds is 3. The van der Waals surface area contributed by atoms with Gasteiger partial charge in [0.25, 0.3) is 0 Å². The van der Waals surface area contributed by atoms with Gasteiger partial charge in [-0.25, -0.2) is 4.98 Å². The zero-order valence-corrected chi connectivity index (χ0v) is 14.1. The average molecular weight is 366 g/mol. The predicted molar refractivity (Wildman–Crippen MR) is 89.6 cm³/mol. The number of halogens is 2. The number of benzene rings is 2. The fourth-order valence-corrected chi connectivity index (χ4v) is 3.01. The van der Waals surface area contributed by atoms with Gasteiger partial charge in [-0.2, -0.15) is 0 Å². The van der Waals surface area contributed by atoms with Crippen LogP contribution in [0.2, 0.25) is 0 Å². The molecule has 1 aromatic heterocycles. The molecule has 3 aromatic rings. The maximum Gasteiger partial charge on any atom is 0.142 e. The summed E-state index contributed by atoms with van der Waals surface area (Å²) in [6, 6.07) is 12.0. The van der Waals surface area contributed by atoms with Gasteiger partial charge in [-0.1, -0.05) is 28.1 Å². The molecule has 21 heavy (non-hydrogen) atoms. The quantitative estimate of drug-likeness (QED) is 0.621. The number of para-hydroxylation sites is 1. The van der Waals surface area contributed by atoms with E-state index in [4.69, 9.17) is 16.3 Å². The van der Waals surface area contributed by atoms with E-state index in [1.54, 1.807) is 7.11 Å². The molecule has 108 valence electrons. The highest BCUT2D eigenvalue weighted by molar-refractivity contribution is 9.10. The van der Waals surface area contributed by atoms with Gasteiger partial charge in [0.2, 0.25) is 0 Å². The minimum atomic E-state index is 0.337. The van der Waals surface area contributed by atoms with Crippen LogP contribution in [-0.2, 0) is 5.88 Å². The van der Waals surface area contributed by atoms with Gasteiger partial charge in [0, 0.05) is 4.47 Å². The summed E-state index contributed by atoms with van der Waals surface area (Å²) in [7, 11) is 1.66. The van der Waals surface area contributed by atoms with E-state index >= 15 is 0 Å². The number of hydrogen-bond acceptors (Lipinski definition) is 2. The fraction of sp³-hybridized carbons (Fsp3) is 0.188. The van der Waals surface area contributed by atoms with Crippen LogP contribution in [0.25, 0.3) is 16.7 Å². The minimum Gasteiger partial charge on any atom is -0.495 e. The summed E-state index contributed by atoms with van der Waals surface area (Å²) in [5.41, 5.74) is 4.06. The third kappa shape index (κ3) is 2.43. The maximum absolute atomic E-state index is 6.11. The first-order chi connectivity index (χ1) is 10.2. The van der Waals surface area contributed by atoms with Crippen molar-refractivity contribution in [2.75, 3.05) is 7.11 Å². The van der Waals surface area contributed by atoms with E-state index in [0.717, 1.165) is 38.3 Å². The SMILES string of the molecule is COc1ccc(Br)cc1-n1c(CCl)nc2c(C)cccc21. The number of fused-ring (bicyclic) bond motifs is 1. The summed E-state index contributed by atoms with van der Waals surface area (Å²) in [6.07, 6.45) is 0. The van der Waals surface area contributed by atoms with Gasteiger partial charge in [0.05, 0.1) is 29.7 Å². The molecule has 2 aromatic carbocycles. The molecule has 0 saturated carbocycles. The van der Waals surface area contributed by atoms with Gasteiger partial charge in [-0.3, -0.25) is 4.57 Å². The Hall–Kier alpha value is -1.52. The van der Waals surface area contributed by atoms with E-state index in [0.29, 0.717) is 5.88 Å². The Kier molecular flexibility index (Phi) is 3.91. The zero-order chi connectivity index (χ0) is 15.0. The first kappa shape index (κ1) is 14.4. The minimum absolute atomic E-state index is 0.337. The number of methoxy groups -OCH3 is 1. The van der Waals surface area contributed by atoms with Crippen LogP contribution in [0.4, 0.5) is 0 Å². The summed E-state index contributed by atoms with van der Waals surface area (Å²) in [6.45, 7) is 2.05. The Morgan fingerprint density at radius 1 is 1.29 bits per heavy atom. The van der Waals surface area contributed by atoms with E-state index in [1.807, 2.05) is 30.3 Å². The van der Waals surface area contributed by atoms with Crippen LogP contribution in [0.5, 0.6) is 5.75 Å². The summed E-state index contributed by atoms with van der Waals surface area (Å²) in [4.78, 5) is 4.67. The van der Waals surface area contributed by atoms with Crippen molar-refractivity contribution in [2.45, 2.75) is 12.8 Å². The average Bonchev–Trinajstić information content (AvgIpc) is 2.87. The summed E-state index contributed by atoms with van der Waals surface area (Å²) < 4.78 is 8.52. The molecule has 0 unspecified atom stereocenters. The second kappa shape index (κ2) is 5.70. The number of nitrogens with zero attached hydrogens (tertiary/aromatic N) is 2. The number of hydrogen-bond donors (Lipinski definition) is 0. The van der Waals surface area contributed by atoms with Crippen LogP contribution >= 0.6 is 27.5 Å². The molecule has 0 saturated heterocycles. The Labute approximate surface area is 136 Å². The predicted octanol–water partition coefficient (Wildman–Crippen LogP) is 4.84. The first-order valence-electron chi connectivity index (χ1n) is 6.52. The highest BCUT2D eigenvalue weighted by Gasteiger charge is 2.16. The molecule has 0 N–H and O–H groups in total. The third-order valence-electron chi connectivity index (χ3n) is 3.46. The van der Waals surface area contributed by atoms with Crippen molar-refractivity contribution in [3.05, 3.63) is 52.3 Å². The monoisotopic (exact) mass is 364 g/mol. The molecular formula is C16H14BrClN2O. The van der Waals surface area contributed by atoms with Crippen LogP contribution in [0.1, 0.15) is 11.4 Å². The van der Waals surface area contributed by atoms with Crippen molar-refractivity contribution in [1.29, 1.82) is 0 Å². The summed E-state index contributed by atoms with van der Waals surface area (Å²) >= 11 is 9.62. The molecule has 0 bridgehead atoms. The molecule has 1 heterocycles. The van der Waals surface area contributed by atoms with Crippen LogP contribution in [0.3, 0.4) is 0 Å². The van der Waals surface area contributed by atoms with Crippen LogP contribution < -0.4 is 4.74 Å². The summed E-state index contributed by atoms with van der Waals surface area (Å²) in [5.74, 6) is 1.92. The van der Waals surface area contributed by atoms with E-state index in [1.165, 1.54) is 0 Å². The smallest absolute Gasteiger partial charge is 0.142 e. The number of aromatic nitrogens is 2. The van der Waals surface area contributed by atoms with Crippen molar-refractivity contribution in [2.24, 2.45) is 0 Å². The van der Waals surface area contributed by atoms with Crippen molar-refractivity contribution >= 4 is 38.6 Å². The van der Waals surface area contributed by atoms with Gasteiger partial charge in [-0.05, 0) is 36.8 Å². The Morgan fingerprint density at radius 2 is 2.10 bits per heavy atom. The maximum atomic E-state index is 6.11. The first-order valence-corrected chi connectivity index (χ1v) is 7.85. The van der Waals surface area contributed by atoms with Gasteiger partial charge >= 0.3 is 0 Å². The van der Waals surface area contributed by atoms with E-state index < -0.39 is 0 Å². The molecule has 0 aliphatic rings. The Bertz CT molecular complexity index is 813. The Morgan fingerprint density at radius 3 is 2.81 bits per heavy atom. The molecule has 0 atom stereocenters. The number of imidazole rings is 1. The Balaban J connectivity index is 2.39. The molecule has 0 fully saturated rings. The summed E-state index contributed by atoms with van der Waals surface area (Å²) in [5, 5.41) is 0. The van der Waals surface area contributed by atoms with E-state index in [2.05, 4.69) is 38.5 Å². The van der Waals surface area contributed by atoms with Gasteiger partial charge in [0.1, 0.15) is 11.6 Å². The standard InChI is InChI=1S/C16H14BrClN2O/c1-10-4-3-5-12-16(10)19-15(9-18)20(12)13-8-11(17)6-7-14(13)21-2/h3-8H,9H2,1-2H3. The molecule has 0 aliphatic heterocycles. The van der Waals surface area contributed by atoms with Crippen molar-refractivity contribution in [1.82, 2.24) is 9.55 Å². The van der Waals surface area contributed by atoms with Crippen molar-refractivity contribution < 1.29 is 4.74 Å². The highest BCUT2D eigenvalue weighted by Crippen LogP contribution is 2.32. The molecule has 0 spiro atoms. The van der Waals surface area contributed by atoms with E-state index in [-0.39, 0.29) is 0 Å². The number of aryl methyl sites for hydroxylation is 1. The fourth-order valence-electron chi connectivity index (χ4n) is 2.48. The second-order valence-corrected chi connectivity index (χ2v) is 5.94. The van der Waals surface area contributed by atoms with Crippen LogP contribution in [0, 0.1) is 6.92 Å². The molecular weight excluding hydrogens is 352 g/mol. The molecule has 0 amide bonds. The molecule has 3 nitrogen and oxygen atoms in total. The molecule has 0 radical (unpaired) electrons. The van der Waals surface area contributed by atoms with Crippen LogP contribution in [0.15, 0.2) is 40.9 Å². The zero-order valence-electron chi connectivity index (χ0n) is 11.7. The largest absolute Gasteiger partial charge is 0.495 e. The molecule has 5 heteroatoms. The van der Waals surface area contributed by atoms with Crippen molar-refractivity contribution in [3.63, 3.8) is 0 Å².